The summed E-state index contributed by atoms with van der Waals surface area (Å²) in [6.45, 7) is 0.344. The number of nitrogens with one attached hydrogen (secondary N) is 1. The smallest absolute Gasteiger partial charge is 0.265 e. The van der Waals surface area contributed by atoms with Crippen LogP contribution in [0.5, 0.6) is 11.5 Å². The Morgan fingerprint density at radius 1 is 1.12 bits per heavy atom. The summed E-state index contributed by atoms with van der Waals surface area (Å²) in [6.07, 6.45) is 0. The number of carbonyl (C=O) groups excluding carboxylic acids is 1. The summed E-state index contributed by atoms with van der Waals surface area (Å²) in [4.78, 5) is 12.8. The zero-order valence-corrected chi connectivity index (χ0v) is 14.3. The second-order valence-electron chi connectivity index (χ2n) is 5.25. The molecule has 2 aromatic carbocycles. The molecule has 0 atom stereocenters. The number of hydrogen-bond donors (Lipinski definition) is 1. The SMILES string of the molecule is COc1cccc(OCc2csc(C(=O)Nc3cccc(F)c3)c2)c1. The molecule has 128 valence electrons. The zero-order chi connectivity index (χ0) is 17.6. The Balaban J connectivity index is 1.60. The Hall–Kier alpha value is -2.86. The molecule has 0 unspecified atom stereocenters. The number of rotatable bonds is 6. The van der Waals surface area contributed by atoms with Crippen LogP contribution in [-0.4, -0.2) is 13.0 Å². The summed E-state index contributed by atoms with van der Waals surface area (Å²) in [7, 11) is 1.60. The van der Waals surface area contributed by atoms with Gasteiger partial charge in [-0.2, -0.15) is 0 Å². The molecule has 0 aliphatic rings. The average molecular weight is 357 g/mol. The van der Waals surface area contributed by atoms with Crippen LogP contribution in [0.4, 0.5) is 10.1 Å². The number of carbonyl (C=O) groups is 1. The van der Waals surface area contributed by atoms with Crippen molar-refractivity contribution in [3.63, 3.8) is 0 Å². The molecule has 0 aliphatic heterocycles. The Morgan fingerprint density at radius 3 is 2.72 bits per heavy atom. The highest BCUT2D eigenvalue weighted by Gasteiger charge is 2.10. The fourth-order valence-electron chi connectivity index (χ4n) is 2.19. The van der Waals surface area contributed by atoms with E-state index in [-0.39, 0.29) is 5.91 Å². The Labute approximate surface area is 148 Å². The van der Waals surface area contributed by atoms with E-state index in [1.807, 2.05) is 23.6 Å². The lowest BCUT2D eigenvalue weighted by Gasteiger charge is -2.06. The molecule has 3 aromatic rings. The van der Waals surface area contributed by atoms with Gasteiger partial charge < -0.3 is 14.8 Å². The van der Waals surface area contributed by atoms with Gasteiger partial charge >= 0.3 is 0 Å². The molecule has 0 radical (unpaired) electrons. The highest BCUT2D eigenvalue weighted by atomic mass is 32.1. The lowest BCUT2D eigenvalue weighted by molar-refractivity contribution is 0.103. The number of benzene rings is 2. The summed E-state index contributed by atoms with van der Waals surface area (Å²) < 4.78 is 24.0. The maximum Gasteiger partial charge on any atom is 0.265 e. The molecule has 1 amide bonds. The van der Waals surface area contributed by atoms with Gasteiger partial charge in [0.05, 0.1) is 12.0 Å². The van der Waals surface area contributed by atoms with Crippen molar-refractivity contribution in [1.29, 1.82) is 0 Å². The van der Waals surface area contributed by atoms with E-state index in [9.17, 15) is 9.18 Å². The number of halogens is 1. The standard InChI is InChI=1S/C19H16FNO3S/c1-23-16-6-3-7-17(10-16)24-11-13-8-18(25-12-13)19(22)21-15-5-2-4-14(20)9-15/h2-10,12H,11H2,1H3,(H,21,22). The predicted molar refractivity (Wildman–Crippen MR) is 96.0 cm³/mol. The second kappa shape index (κ2) is 7.81. The number of amides is 1. The van der Waals surface area contributed by atoms with Gasteiger partial charge in [-0.25, -0.2) is 4.39 Å². The highest BCUT2D eigenvalue weighted by Crippen LogP contribution is 2.22. The van der Waals surface area contributed by atoms with E-state index in [0.717, 1.165) is 11.3 Å². The van der Waals surface area contributed by atoms with Crippen LogP contribution in [0.2, 0.25) is 0 Å². The first kappa shape index (κ1) is 17.0. The molecule has 1 aromatic heterocycles. The summed E-state index contributed by atoms with van der Waals surface area (Å²) in [5.41, 5.74) is 1.31. The maximum atomic E-state index is 13.2. The summed E-state index contributed by atoms with van der Waals surface area (Å²) in [5.74, 6) is 0.744. The third kappa shape index (κ3) is 4.58. The third-order valence-corrected chi connectivity index (χ3v) is 4.38. The van der Waals surface area contributed by atoms with Crippen LogP contribution in [0.25, 0.3) is 0 Å². The van der Waals surface area contributed by atoms with E-state index >= 15 is 0 Å². The van der Waals surface area contributed by atoms with Crippen molar-refractivity contribution < 1.29 is 18.7 Å². The van der Waals surface area contributed by atoms with E-state index in [2.05, 4.69) is 5.32 Å². The average Bonchev–Trinajstić information content (AvgIpc) is 3.09. The Morgan fingerprint density at radius 2 is 1.92 bits per heavy atom. The zero-order valence-electron chi connectivity index (χ0n) is 13.5. The molecule has 0 saturated heterocycles. The van der Waals surface area contributed by atoms with Crippen LogP contribution in [0.3, 0.4) is 0 Å². The van der Waals surface area contributed by atoms with Gasteiger partial charge in [-0.1, -0.05) is 12.1 Å². The third-order valence-electron chi connectivity index (χ3n) is 3.41. The lowest BCUT2D eigenvalue weighted by Crippen LogP contribution is -2.10. The number of ether oxygens (including phenoxy) is 2. The molecular formula is C19H16FNO3S. The maximum absolute atomic E-state index is 13.2. The van der Waals surface area contributed by atoms with E-state index in [0.29, 0.717) is 22.9 Å². The van der Waals surface area contributed by atoms with Crippen LogP contribution < -0.4 is 14.8 Å². The fourth-order valence-corrected chi connectivity index (χ4v) is 2.98. The van der Waals surface area contributed by atoms with Crippen LogP contribution >= 0.6 is 11.3 Å². The highest BCUT2D eigenvalue weighted by molar-refractivity contribution is 7.12. The van der Waals surface area contributed by atoms with Crippen molar-refractivity contribution in [2.75, 3.05) is 12.4 Å². The predicted octanol–water partition coefficient (Wildman–Crippen LogP) is 4.73. The van der Waals surface area contributed by atoms with Gasteiger partial charge in [0, 0.05) is 17.3 Å². The van der Waals surface area contributed by atoms with E-state index < -0.39 is 5.82 Å². The van der Waals surface area contributed by atoms with Gasteiger partial charge in [0.2, 0.25) is 0 Å². The molecule has 25 heavy (non-hydrogen) atoms. The molecular weight excluding hydrogens is 341 g/mol. The first-order valence-electron chi connectivity index (χ1n) is 7.55. The van der Waals surface area contributed by atoms with Crippen molar-refractivity contribution >= 4 is 22.9 Å². The minimum absolute atomic E-state index is 0.275. The monoisotopic (exact) mass is 357 g/mol. The second-order valence-corrected chi connectivity index (χ2v) is 6.16. The molecule has 0 fully saturated rings. The molecule has 4 nitrogen and oxygen atoms in total. The first-order valence-corrected chi connectivity index (χ1v) is 8.43. The summed E-state index contributed by atoms with van der Waals surface area (Å²) in [5, 5.41) is 4.54. The quantitative estimate of drug-likeness (QED) is 0.694. The van der Waals surface area contributed by atoms with Crippen molar-refractivity contribution in [1.82, 2.24) is 0 Å². The van der Waals surface area contributed by atoms with Crippen LogP contribution in [0, 0.1) is 5.82 Å². The number of hydrogen-bond acceptors (Lipinski definition) is 4. The molecule has 1 N–H and O–H groups in total. The molecule has 0 aliphatic carbocycles. The number of methoxy groups -OCH3 is 1. The van der Waals surface area contributed by atoms with E-state index in [4.69, 9.17) is 9.47 Å². The van der Waals surface area contributed by atoms with Crippen LogP contribution in [-0.2, 0) is 6.61 Å². The molecule has 1 heterocycles. The van der Waals surface area contributed by atoms with E-state index in [1.54, 1.807) is 31.4 Å². The fraction of sp³-hybridized carbons (Fsp3) is 0.105. The molecule has 0 saturated carbocycles. The van der Waals surface area contributed by atoms with Gasteiger partial charge in [0.1, 0.15) is 23.9 Å². The molecule has 3 rings (SSSR count). The van der Waals surface area contributed by atoms with Crippen LogP contribution in [0.1, 0.15) is 15.2 Å². The number of anilines is 1. The first-order chi connectivity index (χ1) is 12.1. The normalized spacial score (nSPS) is 10.3. The Bertz CT molecular complexity index is 878. The molecule has 0 spiro atoms. The Kier molecular flexibility index (Phi) is 5.30. The topological polar surface area (TPSA) is 47.6 Å². The molecule has 0 bridgehead atoms. The van der Waals surface area contributed by atoms with Crippen molar-refractivity contribution in [2.45, 2.75) is 6.61 Å². The van der Waals surface area contributed by atoms with Gasteiger partial charge in [-0.05, 0) is 41.8 Å². The van der Waals surface area contributed by atoms with Gasteiger partial charge in [-0.3, -0.25) is 4.79 Å². The van der Waals surface area contributed by atoms with Gasteiger partial charge in [0.25, 0.3) is 5.91 Å². The van der Waals surface area contributed by atoms with Gasteiger partial charge in [-0.15, -0.1) is 11.3 Å². The minimum atomic E-state index is -0.392. The van der Waals surface area contributed by atoms with Crippen molar-refractivity contribution in [3.05, 3.63) is 76.2 Å². The lowest BCUT2D eigenvalue weighted by atomic mass is 10.3. The summed E-state index contributed by atoms with van der Waals surface area (Å²) in [6, 6.07) is 14.9. The van der Waals surface area contributed by atoms with Crippen molar-refractivity contribution in [3.8, 4) is 11.5 Å². The van der Waals surface area contributed by atoms with E-state index in [1.165, 1.54) is 23.5 Å². The molecule has 6 heteroatoms. The number of thiophene rings is 1. The minimum Gasteiger partial charge on any atom is -0.497 e. The van der Waals surface area contributed by atoms with Gasteiger partial charge in [0.15, 0.2) is 0 Å². The largest absolute Gasteiger partial charge is 0.497 e. The van der Waals surface area contributed by atoms with Crippen LogP contribution in [0.15, 0.2) is 60.0 Å². The van der Waals surface area contributed by atoms with Crippen molar-refractivity contribution in [2.24, 2.45) is 0 Å². The summed E-state index contributed by atoms with van der Waals surface area (Å²) >= 11 is 1.31.